The number of aryl methyl sites for hydroxylation is 1. The first-order chi connectivity index (χ1) is 13.9. The van der Waals surface area contributed by atoms with E-state index in [-0.39, 0.29) is 23.9 Å². The quantitative estimate of drug-likeness (QED) is 0.839. The van der Waals surface area contributed by atoms with Gasteiger partial charge in [-0.05, 0) is 38.8 Å². The van der Waals surface area contributed by atoms with Crippen molar-refractivity contribution in [3.8, 4) is 5.75 Å². The molecule has 4 rings (SSSR count). The van der Waals surface area contributed by atoms with E-state index in [2.05, 4.69) is 15.2 Å². The number of hydrogen-bond acceptors (Lipinski definition) is 5. The number of halogens is 2. The Labute approximate surface area is 167 Å². The molecule has 3 heterocycles. The summed E-state index contributed by atoms with van der Waals surface area (Å²) >= 11 is 0. The molecule has 2 atom stereocenters. The summed E-state index contributed by atoms with van der Waals surface area (Å²) in [5.41, 5.74) is 1.59. The lowest BCUT2D eigenvalue weighted by Crippen LogP contribution is -2.31. The number of ether oxygens (including phenoxy) is 3. The molecule has 1 aromatic carbocycles. The van der Waals surface area contributed by atoms with E-state index < -0.39 is 11.6 Å². The minimum atomic E-state index is -0.940. The van der Waals surface area contributed by atoms with Crippen LogP contribution in [0.4, 0.5) is 14.5 Å². The van der Waals surface area contributed by atoms with Gasteiger partial charge in [0.2, 0.25) is 5.82 Å². The van der Waals surface area contributed by atoms with Crippen LogP contribution in [0.25, 0.3) is 0 Å². The highest BCUT2D eigenvalue weighted by Gasteiger charge is 2.29. The summed E-state index contributed by atoms with van der Waals surface area (Å²) in [6.07, 6.45) is 3.45. The Balaban J connectivity index is 0.000000204. The maximum atomic E-state index is 12.5. The molecule has 2 aliphatic rings. The fourth-order valence-corrected chi connectivity index (χ4v) is 3.02. The number of nitrogens with zero attached hydrogens (tertiary/aromatic N) is 2. The van der Waals surface area contributed by atoms with Crippen LogP contribution in [0.15, 0.2) is 24.4 Å². The summed E-state index contributed by atoms with van der Waals surface area (Å²) in [6, 6.07) is 4.08. The van der Waals surface area contributed by atoms with E-state index in [4.69, 9.17) is 9.47 Å². The van der Waals surface area contributed by atoms with Gasteiger partial charge in [-0.15, -0.1) is 0 Å². The van der Waals surface area contributed by atoms with Crippen LogP contribution in [-0.2, 0) is 14.3 Å². The number of benzene rings is 1. The molecule has 2 fully saturated rings. The Hall–Kier alpha value is -2.52. The van der Waals surface area contributed by atoms with Gasteiger partial charge in [0.15, 0.2) is 11.6 Å². The Morgan fingerprint density at radius 1 is 1.31 bits per heavy atom. The molecule has 1 amide bonds. The second kappa shape index (κ2) is 9.32. The highest BCUT2D eigenvalue weighted by molar-refractivity contribution is 5.94. The number of anilines is 1. The first-order valence-electron chi connectivity index (χ1n) is 9.46. The monoisotopic (exact) mass is 409 g/mol. The molecule has 2 aromatic rings. The zero-order valence-corrected chi connectivity index (χ0v) is 16.7. The lowest BCUT2D eigenvalue weighted by atomic mass is 10.2. The van der Waals surface area contributed by atoms with Gasteiger partial charge in [-0.2, -0.15) is 9.49 Å². The molecule has 9 heteroatoms. The molecule has 2 saturated heterocycles. The van der Waals surface area contributed by atoms with Crippen LogP contribution in [0.1, 0.15) is 31.5 Å². The Morgan fingerprint density at radius 2 is 2.07 bits per heavy atom. The molecule has 0 saturated carbocycles. The smallest absolute Gasteiger partial charge is 0.253 e. The summed E-state index contributed by atoms with van der Waals surface area (Å²) in [6.45, 7) is 5.27. The first kappa shape index (κ1) is 21.2. The van der Waals surface area contributed by atoms with Gasteiger partial charge in [-0.25, -0.2) is 4.39 Å². The molecular formula is C20H25F2N3O4. The van der Waals surface area contributed by atoms with E-state index in [0.717, 1.165) is 30.3 Å². The highest BCUT2D eigenvalue weighted by atomic mass is 19.2. The third-order valence-electron chi connectivity index (χ3n) is 4.83. The van der Waals surface area contributed by atoms with Crippen LogP contribution < -0.4 is 10.1 Å². The molecule has 29 heavy (non-hydrogen) atoms. The number of aromatic nitrogens is 2. The Morgan fingerprint density at radius 3 is 2.62 bits per heavy atom. The molecule has 0 bridgehead atoms. The van der Waals surface area contributed by atoms with E-state index in [1.807, 2.05) is 24.7 Å². The topological polar surface area (TPSA) is 74.6 Å². The Bertz CT molecular complexity index is 854. The second-order valence-electron chi connectivity index (χ2n) is 7.06. The van der Waals surface area contributed by atoms with Gasteiger partial charge in [0.25, 0.3) is 5.91 Å². The van der Waals surface area contributed by atoms with Crippen molar-refractivity contribution in [1.29, 1.82) is 0 Å². The van der Waals surface area contributed by atoms with E-state index in [9.17, 15) is 13.6 Å². The average molecular weight is 409 g/mol. The largest absolute Gasteiger partial charge is 0.494 e. The summed E-state index contributed by atoms with van der Waals surface area (Å²) in [5.74, 6) is -1.97. The minimum Gasteiger partial charge on any atom is -0.494 e. The van der Waals surface area contributed by atoms with Gasteiger partial charge in [0.05, 0.1) is 43.9 Å². The number of nitrogens with one attached hydrogen (secondary N) is 1. The number of carbonyl (C=O) groups is 1. The zero-order valence-electron chi connectivity index (χ0n) is 16.7. The number of hydrogen-bond donors (Lipinski definition) is 1. The van der Waals surface area contributed by atoms with Crippen LogP contribution in [0.3, 0.4) is 0 Å². The highest BCUT2D eigenvalue weighted by Crippen LogP contribution is 2.24. The molecule has 1 N–H and O–H groups in total. The van der Waals surface area contributed by atoms with Crippen molar-refractivity contribution in [3.63, 3.8) is 0 Å². The first-order valence-corrected chi connectivity index (χ1v) is 9.46. The van der Waals surface area contributed by atoms with Crippen LogP contribution in [0.2, 0.25) is 0 Å². The number of carbonyl (C=O) groups excluding carboxylic acids is 1. The van der Waals surface area contributed by atoms with Crippen LogP contribution in [0.5, 0.6) is 5.75 Å². The molecule has 0 spiro atoms. The van der Waals surface area contributed by atoms with E-state index in [1.165, 1.54) is 19.2 Å². The summed E-state index contributed by atoms with van der Waals surface area (Å²) in [7, 11) is 1.29. The van der Waals surface area contributed by atoms with Gasteiger partial charge in [0, 0.05) is 6.20 Å². The van der Waals surface area contributed by atoms with Crippen molar-refractivity contribution in [2.24, 2.45) is 0 Å². The van der Waals surface area contributed by atoms with Crippen LogP contribution in [0, 0.1) is 18.6 Å². The molecule has 7 nitrogen and oxygen atoms in total. The van der Waals surface area contributed by atoms with Crippen molar-refractivity contribution >= 4 is 11.6 Å². The van der Waals surface area contributed by atoms with Crippen molar-refractivity contribution in [2.75, 3.05) is 25.6 Å². The van der Waals surface area contributed by atoms with E-state index >= 15 is 0 Å². The maximum Gasteiger partial charge on any atom is 0.253 e. The lowest BCUT2D eigenvalue weighted by molar-refractivity contribution is -0.126. The van der Waals surface area contributed by atoms with Crippen molar-refractivity contribution in [3.05, 3.63) is 41.7 Å². The van der Waals surface area contributed by atoms with Gasteiger partial charge in [-0.3, -0.25) is 9.48 Å². The third kappa shape index (κ3) is 5.10. The normalized spacial score (nSPS) is 21.1. The molecule has 2 unspecified atom stereocenters. The number of rotatable bonds is 4. The number of methoxy groups -OCH3 is 1. The van der Waals surface area contributed by atoms with E-state index in [0.29, 0.717) is 19.3 Å². The molecule has 0 radical (unpaired) electrons. The standard InChI is InChI=1S/C13H19N3O3.C7H6F2O/c1-8-3-4-12(19-8)13(17)14-11-5-16(15-9(11)2)10-6-18-7-10;1-10-6-4-2-3-5(8)7(6)9/h5,8,10,12H,3-4,6-7H2,1-2H3,(H,14,17);2-4H,1H3. The predicted molar refractivity (Wildman–Crippen MR) is 102 cm³/mol. The summed E-state index contributed by atoms with van der Waals surface area (Å²) in [4.78, 5) is 12.1. The molecular weight excluding hydrogens is 384 g/mol. The van der Waals surface area contributed by atoms with Crippen molar-refractivity contribution in [2.45, 2.75) is 44.9 Å². The fraction of sp³-hybridized carbons (Fsp3) is 0.500. The second-order valence-corrected chi connectivity index (χ2v) is 7.06. The fourth-order valence-electron chi connectivity index (χ4n) is 3.02. The van der Waals surface area contributed by atoms with Gasteiger partial charge < -0.3 is 19.5 Å². The average Bonchev–Trinajstić information content (AvgIpc) is 3.23. The SMILES string of the molecule is COc1cccc(F)c1F.Cc1nn(C2COC2)cc1NC(=O)C1CCC(C)O1. The predicted octanol–water partition coefficient (Wildman–Crippen LogP) is 3.24. The van der Waals surface area contributed by atoms with Crippen molar-refractivity contribution in [1.82, 2.24) is 9.78 Å². The third-order valence-corrected chi connectivity index (χ3v) is 4.83. The van der Waals surface area contributed by atoms with Crippen LogP contribution >= 0.6 is 0 Å². The maximum absolute atomic E-state index is 12.5. The molecule has 1 aromatic heterocycles. The minimum absolute atomic E-state index is 0.0694. The van der Waals surface area contributed by atoms with Crippen LogP contribution in [-0.4, -0.2) is 48.2 Å². The molecule has 2 aliphatic heterocycles. The number of amides is 1. The Kier molecular flexibility index (Phi) is 6.81. The molecule has 0 aliphatic carbocycles. The summed E-state index contributed by atoms with van der Waals surface area (Å²) in [5, 5.41) is 7.32. The van der Waals surface area contributed by atoms with Gasteiger partial charge in [0.1, 0.15) is 6.10 Å². The van der Waals surface area contributed by atoms with Gasteiger partial charge in [-0.1, -0.05) is 6.07 Å². The zero-order chi connectivity index (χ0) is 21.0. The molecule has 158 valence electrons. The summed E-state index contributed by atoms with van der Waals surface area (Å²) < 4.78 is 41.9. The lowest BCUT2D eigenvalue weighted by Gasteiger charge is -2.25. The van der Waals surface area contributed by atoms with Gasteiger partial charge >= 0.3 is 0 Å². The van der Waals surface area contributed by atoms with Crippen molar-refractivity contribution < 1.29 is 27.8 Å². The van der Waals surface area contributed by atoms with E-state index in [1.54, 1.807) is 0 Å².